The Bertz CT molecular complexity index is 1160. The number of Topliss-reactive ketones (excluding diaryl/α,β-unsaturated/α-hetero) is 1. The van der Waals surface area contributed by atoms with E-state index in [-0.39, 0.29) is 18.3 Å². The summed E-state index contributed by atoms with van der Waals surface area (Å²) in [5.41, 5.74) is 4.73. The summed E-state index contributed by atoms with van der Waals surface area (Å²) in [5.74, 6) is 1.12. The van der Waals surface area contributed by atoms with Crippen molar-refractivity contribution >= 4 is 29.0 Å². The molecule has 0 fully saturated rings. The normalized spacial score (nSPS) is 26.5. The summed E-state index contributed by atoms with van der Waals surface area (Å²) in [7, 11) is 0. The number of halogens is 1. The fourth-order valence-corrected chi connectivity index (χ4v) is 6.11. The summed E-state index contributed by atoms with van der Waals surface area (Å²) in [6, 6.07) is 10.7. The monoisotopic (exact) mass is 445 g/mol. The number of anilines is 1. The molecule has 2 aromatic carbocycles. The van der Waals surface area contributed by atoms with E-state index in [1.165, 1.54) is 11.3 Å². The van der Waals surface area contributed by atoms with E-state index in [1.807, 2.05) is 6.07 Å². The van der Waals surface area contributed by atoms with Gasteiger partial charge >= 0.3 is 5.97 Å². The Kier molecular flexibility index (Phi) is 4.72. The number of fused-ring (bicyclic) bond motifs is 4. The lowest BCUT2D eigenvalue weighted by molar-refractivity contribution is 0.0473. The van der Waals surface area contributed by atoms with Crippen LogP contribution in [0, 0.1) is 11.8 Å². The van der Waals surface area contributed by atoms with Gasteiger partial charge < -0.3 is 9.64 Å². The Morgan fingerprint density at radius 3 is 2.38 bits per heavy atom. The van der Waals surface area contributed by atoms with Gasteiger partial charge in [0.05, 0.1) is 5.56 Å². The van der Waals surface area contributed by atoms with Crippen molar-refractivity contribution in [3.8, 4) is 0 Å². The van der Waals surface area contributed by atoms with Crippen molar-refractivity contribution < 1.29 is 14.3 Å². The van der Waals surface area contributed by atoms with Crippen LogP contribution < -0.4 is 4.90 Å². The van der Waals surface area contributed by atoms with Crippen molar-refractivity contribution in [2.75, 3.05) is 24.6 Å². The first-order chi connectivity index (χ1) is 15.6. The molecule has 2 aliphatic heterocycles. The number of hydrogen-bond donors (Lipinski definition) is 0. The van der Waals surface area contributed by atoms with Gasteiger partial charge in [0.2, 0.25) is 0 Å². The van der Waals surface area contributed by atoms with E-state index in [4.69, 9.17) is 16.3 Å². The van der Waals surface area contributed by atoms with Crippen LogP contribution >= 0.6 is 11.6 Å². The summed E-state index contributed by atoms with van der Waals surface area (Å²) in [6.45, 7) is 1.79. The van der Waals surface area contributed by atoms with Crippen molar-refractivity contribution in [3.63, 3.8) is 0 Å². The lowest BCUT2D eigenvalue weighted by atomic mass is 9.73. The zero-order valence-electron chi connectivity index (χ0n) is 17.7. The van der Waals surface area contributed by atoms with Gasteiger partial charge in [0, 0.05) is 41.2 Å². The maximum absolute atomic E-state index is 13.2. The molecule has 0 spiro atoms. The zero-order valence-corrected chi connectivity index (χ0v) is 18.4. The smallest absolute Gasteiger partial charge is 0.338 e. The van der Waals surface area contributed by atoms with Gasteiger partial charge in [-0.1, -0.05) is 42.0 Å². The highest BCUT2D eigenvalue weighted by molar-refractivity contribution is 6.30. The number of ketones is 1. The molecule has 0 radical (unpaired) electrons. The fourth-order valence-electron chi connectivity index (χ4n) is 5.99. The second-order valence-corrected chi connectivity index (χ2v) is 9.71. The average molecular weight is 446 g/mol. The number of allylic oxidation sites excluding steroid dienone is 4. The van der Waals surface area contributed by atoms with Gasteiger partial charge in [0.15, 0.2) is 12.4 Å². The van der Waals surface area contributed by atoms with Crippen LogP contribution in [0.25, 0.3) is 0 Å². The summed E-state index contributed by atoms with van der Waals surface area (Å²) in [5, 5.41) is 0.565. The van der Waals surface area contributed by atoms with E-state index in [2.05, 4.69) is 35.3 Å². The predicted molar refractivity (Wildman–Crippen MR) is 125 cm³/mol. The summed E-state index contributed by atoms with van der Waals surface area (Å²) in [6.07, 6.45) is 11.3. The minimum Gasteiger partial charge on any atom is -0.454 e. The first-order valence-corrected chi connectivity index (χ1v) is 11.7. The molecule has 5 heteroatoms. The molecule has 0 bridgehead atoms. The number of esters is 1. The van der Waals surface area contributed by atoms with Crippen molar-refractivity contribution in [3.05, 3.63) is 88.0 Å². The maximum Gasteiger partial charge on any atom is 0.338 e. The van der Waals surface area contributed by atoms with E-state index in [9.17, 15) is 9.59 Å². The molecule has 2 aliphatic carbocycles. The molecule has 6 rings (SSSR count). The van der Waals surface area contributed by atoms with E-state index in [0.29, 0.717) is 33.9 Å². The van der Waals surface area contributed by atoms with Gasteiger partial charge in [-0.15, -0.1) is 0 Å². The van der Waals surface area contributed by atoms with Crippen molar-refractivity contribution in [2.24, 2.45) is 11.8 Å². The van der Waals surface area contributed by atoms with Crippen LogP contribution in [0.1, 0.15) is 56.5 Å². The van der Waals surface area contributed by atoms with Gasteiger partial charge in [-0.05, 0) is 66.1 Å². The number of benzene rings is 2. The summed E-state index contributed by atoms with van der Waals surface area (Å²) >= 11 is 5.90. The highest BCUT2D eigenvalue weighted by atomic mass is 35.5. The van der Waals surface area contributed by atoms with Crippen LogP contribution in [-0.4, -0.2) is 31.4 Å². The van der Waals surface area contributed by atoms with Crippen LogP contribution in [0.4, 0.5) is 5.69 Å². The van der Waals surface area contributed by atoms with Crippen LogP contribution in [0.2, 0.25) is 5.02 Å². The molecule has 0 unspecified atom stereocenters. The summed E-state index contributed by atoms with van der Waals surface area (Å²) in [4.78, 5) is 28.2. The molecule has 2 aromatic rings. The Morgan fingerprint density at radius 1 is 0.938 bits per heavy atom. The number of rotatable bonds is 4. The van der Waals surface area contributed by atoms with Gasteiger partial charge in [0.1, 0.15) is 0 Å². The van der Waals surface area contributed by atoms with E-state index in [0.717, 1.165) is 31.5 Å². The number of nitrogens with zero attached hydrogens (tertiary/aromatic N) is 1. The lowest BCUT2D eigenvalue weighted by Crippen LogP contribution is -2.44. The molecule has 162 valence electrons. The minimum absolute atomic E-state index is 0.234. The quantitative estimate of drug-likeness (QED) is 0.352. The van der Waals surface area contributed by atoms with Crippen molar-refractivity contribution in [2.45, 2.75) is 24.7 Å². The number of carbonyl (C=O) groups excluding carboxylic acids is 2. The zero-order chi connectivity index (χ0) is 21.8. The predicted octanol–water partition coefficient (Wildman–Crippen LogP) is 5.53. The molecule has 0 N–H and O–H groups in total. The molecule has 32 heavy (non-hydrogen) atoms. The van der Waals surface area contributed by atoms with Crippen LogP contribution in [0.3, 0.4) is 0 Å². The Hall–Kier alpha value is -2.85. The highest BCUT2D eigenvalue weighted by Gasteiger charge is 2.44. The van der Waals surface area contributed by atoms with E-state index in [1.54, 1.807) is 24.3 Å². The van der Waals surface area contributed by atoms with Crippen LogP contribution in [-0.2, 0) is 4.74 Å². The first kappa shape index (κ1) is 19.8. The lowest BCUT2D eigenvalue weighted by Gasteiger charge is -2.46. The molecule has 4 atom stereocenters. The largest absolute Gasteiger partial charge is 0.454 e. The SMILES string of the molecule is O=C(COC(=O)c1ccc2c3c1[C@@H]1C=CC[C@@H]1CN3C[C@H]1CC=C[C@H]21)c1ccc(Cl)cc1. The van der Waals surface area contributed by atoms with Gasteiger partial charge in [-0.3, -0.25) is 4.79 Å². The van der Waals surface area contributed by atoms with Crippen molar-refractivity contribution in [1.29, 1.82) is 0 Å². The second-order valence-electron chi connectivity index (χ2n) is 9.28. The number of hydrogen-bond acceptors (Lipinski definition) is 4. The topological polar surface area (TPSA) is 46.6 Å². The minimum atomic E-state index is -0.421. The standard InChI is InChI=1S/C27H24ClNO3/c28-19-9-7-16(8-10-19)24(30)15-32-27(31)23-12-11-22-20-5-1-3-17(20)13-29-14-18-4-2-6-21(18)25(23)26(22)29/h1-2,5-12,17-18,20-21H,3-4,13-15H2/t17-,18-,20+,21-/m1/s1. The number of ether oxygens (including phenoxy) is 1. The Morgan fingerprint density at radius 2 is 1.62 bits per heavy atom. The third kappa shape index (κ3) is 3.12. The molecule has 4 nitrogen and oxygen atoms in total. The van der Waals surface area contributed by atoms with Gasteiger partial charge in [-0.2, -0.15) is 0 Å². The second kappa shape index (κ2) is 7.63. The third-order valence-corrected chi connectivity index (χ3v) is 7.72. The molecule has 0 saturated heterocycles. The number of carbonyl (C=O) groups is 2. The molecule has 0 saturated carbocycles. The fraction of sp³-hybridized carbons (Fsp3) is 0.333. The summed E-state index contributed by atoms with van der Waals surface area (Å²) < 4.78 is 5.52. The average Bonchev–Trinajstić information content (AvgIpc) is 3.47. The first-order valence-electron chi connectivity index (χ1n) is 11.3. The van der Waals surface area contributed by atoms with E-state index < -0.39 is 5.97 Å². The van der Waals surface area contributed by atoms with Crippen LogP contribution in [0.5, 0.6) is 0 Å². The molecule has 2 heterocycles. The molecule has 0 aromatic heterocycles. The molecule has 4 aliphatic rings. The molecular weight excluding hydrogens is 422 g/mol. The van der Waals surface area contributed by atoms with Crippen molar-refractivity contribution in [1.82, 2.24) is 0 Å². The molecular formula is C27H24ClNO3. The molecule has 0 amide bonds. The third-order valence-electron chi connectivity index (χ3n) is 7.47. The van der Waals surface area contributed by atoms with Crippen LogP contribution in [0.15, 0.2) is 60.7 Å². The van der Waals surface area contributed by atoms with Gasteiger partial charge in [-0.25, -0.2) is 4.79 Å². The Balaban J connectivity index is 1.33. The Labute approximate surface area is 192 Å². The van der Waals surface area contributed by atoms with E-state index >= 15 is 0 Å². The maximum atomic E-state index is 13.2. The highest BCUT2D eigenvalue weighted by Crippen LogP contribution is 2.53. The van der Waals surface area contributed by atoms with Gasteiger partial charge in [0.25, 0.3) is 0 Å².